The molecule has 2 heterocycles. The number of hydrogen-bond donors (Lipinski definition) is 2. The van der Waals surface area contributed by atoms with Crippen molar-refractivity contribution in [1.82, 2.24) is 15.1 Å². The molecule has 6 nitrogen and oxygen atoms in total. The Morgan fingerprint density at radius 2 is 2.19 bits per heavy atom. The fourth-order valence-electron chi connectivity index (χ4n) is 3.34. The molecular formula is C15H28N4O2. The molecule has 0 radical (unpaired) electrons. The number of hydrogen-bond acceptors (Lipinski definition) is 4. The molecule has 0 saturated carbocycles. The lowest BCUT2D eigenvalue weighted by Gasteiger charge is -2.34. The third-order valence-electron chi connectivity index (χ3n) is 4.58. The van der Waals surface area contributed by atoms with Crippen LogP contribution in [0, 0.1) is 5.92 Å². The second-order valence-corrected chi connectivity index (χ2v) is 6.20. The molecular weight excluding hydrogens is 268 g/mol. The summed E-state index contributed by atoms with van der Waals surface area (Å²) in [5.74, 6) is -0.310. The Kier molecular flexibility index (Phi) is 5.99. The summed E-state index contributed by atoms with van der Waals surface area (Å²) in [4.78, 5) is 28.0. The molecule has 2 fully saturated rings. The molecule has 120 valence electrons. The average molecular weight is 296 g/mol. The molecule has 0 aromatic carbocycles. The second kappa shape index (κ2) is 7.75. The van der Waals surface area contributed by atoms with Crippen molar-refractivity contribution in [1.29, 1.82) is 0 Å². The van der Waals surface area contributed by atoms with Crippen molar-refractivity contribution in [3.05, 3.63) is 0 Å². The normalized spacial score (nSPS) is 26.3. The molecule has 2 atom stereocenters. The van der Waals surface area contributed by atoms with E-state index in [-0.39, 0.29) is 17.7 Å². The fraction of sp³-hybridized carbons (Fsp3) is 0.867. The zero-order valence-electron chi connectivity index (χ0n) is 13.0. The van der Waals surface area contributed by atoms with E-state index in [0.29, 0.717) is 19.1 Å². The fourth-order valence-corrected chi connectivity index (χ4v) is 3.34. The van der Waals surface area contributed by atoms with Crippen molar-refractivity contribution in [2.45, 2.75) is 38.6 Å². The summed E-state index contributed by atoms with van der Waals surface area (Å²) in [5, 5.41) is 3.36. The molecule has 2 unspecified atom stereocenters. The van der Waals surface area contributed by atoms with E-state index in [1.165, 1.54) is 0 Å². The van der Waals surface area contributed by atoms with Gasteiger partial charge in [-0.1, -0.05) is 6.92 Å². The standard InChI is InChI=1S/C15H28N4O2/c1-2-7-18(13-5-6-17-9-13)11-14(20)19-8-3-4-12(10-19)15(16)21/h12-13,17H,2-11H2,1H3,(H2,16,21). The quantitative estimate of drug-likeness (QED) is 0.710. The highest BCUT2D eigenvalue weighted by atomic mass is 16.2. The van der Waals surface area contributed by atoms with E-state index in [9.17, 15) is 9.59 Å². The van der Waals surface area contributed by atoms with Crippen molar-refractivity contribution < 1.29 is 9.59 Å². The molecule has 0 aromatic heterocycles. The smallest absolute Gasteiger partial charge is 0.236 e. The number of amides is 2. The Balaban J connectivity index is 1.89. The third kappa shape index (κ3) is 4.41. The van der Waals surface area contributed by atoms with Gasteiger partial charge in [0.2, 0.25) is 11.8 Å². The minimum atomic E-state index is -0.280. The molecule has 0 aromatic rings. The molecule has 0 aliphatic carbocycles. The van der Waals surface area contributed by atoms with Crippen molar-refractivity contribution in [3.63, 3.8) is 0 Å². The third-order valence-corrected chi connectivity index (χ3v) is 4.58. The van der Waals surface area contributed by atoms with Gasteiger partial charge in [-0.2, -0.15) is 0 Å². The first kappa shape index (κ1) is 16.2. The number of carbonyl (C=O) groups excluding carboxylic acids is 2. The Morgan fingerprint density at radius 1 is 1.38 bits per heavy atom. The van der Waals surface area contributed by atoms with Gasteiger partial charge < -0.3 is 16.0 Å². The number of nitrogens with two attached hydrogens (primary N) is 1. The van der Waals surface area contributed by atoms with E-state index >= 15 is 0 Å². The number of rotatable bonds is 6. The average Bonchev–Trinajstić information content (AvgIpc) is 3.01. The number of piperidine rings is 1. The summed E-state index contributed by atoms with van der Waals surface area (Å²) in [6.07, 6.45) is 3.84. The maximum absolute atomic E-state index is 12.5. The molecule has 2 aliphatic heterocycles. The van der Waals surface area contributed by atoms with Crippen molar-refractivity contribution in [2.24, 2.45) is 11.7 Å². The highest BCUT2D eigenvalue weighted by Gasteiger charge is 2.29. The van der Waals surface area contributed by atoms with Crippen molar-refractivity contribution >= 4 is 11.8 Å². The first-order chi connectivity index (χ1) is 10.1. The van der Waals surface area contributed by atoms with Crippen molar-refractivity contribution in [3.8, 4) is 0 Å². The van der Waals surface area contributed by atoms with Crippen LogP contribution < -0.4 is 11.1 Å². The van der Waals surface area contributed by atoms with E-state index in [0.717, 1.165) is 51.9 Å². The van der Waals surface area contributed by atoms with Gasteiger partial charge in [0.05, 0.1) is 12.5 Å². The van der Waals surface area contributed by atoms with Gasteiger partial charge >= 0.3 is 0 Å². The molecule has 0 spiro atoms. The Bertz CT molecular complexity index is 369. The molecule has 6 heteroatoms. The number of primary amides is 1. The zero-order chi connectivity index (χ0) is 15.2. The van der Waals surface area contributed by atoms with Crippen LogP contribution in [0.15, 0.2) is 0 Å². The Morgan fingerprint density at radius 3 is 2.81 bits per heavy atom. The molecule has 2 aliphatic rings. The predicted octanol–water partition coefficient (Wildman–Crippen LogP) is -0.216. The van der Waals surface area contributed by atoms with Gasteiger partial charge in [0.25, 0.3) is 0 Å². The first-order valence-corrected chi connectivity index (χ1v) is 8.13. The molecule has 2 rings (SSSR count). The summed E-state index contributed by atoms with van der Waals surface area (Å²) >= 11 is 0. The summed E-state index contributed by atoms with van der Waals surface area (Å²) in [6.45, 7) is 6.81. The van der Waals surface area contributed by atoms with Gasteiger partial charge in [-0.15, -0.1) is 0 Å². The van der Waals surface area contributed by atoms with E-state index in [4.69, 9.17) is 5.73 Å². The van der Waals surface area contributed by atoms with Gasteiger partial charge in [0, 0.05) is 25.7 Å². The number of nitrogens with zero attached hydrogens (tertiary/aromatic N) is 2. The first-order valence-electron chi connectivity index (χ1n) is 8.13. The molecule has 3 N–H and O–H groups in total. The monoisotopic (exact) mass is 296 g/mol. The second-order valence-electron chi connectivity index (χ2n) is 6.20. The van der Waals surface area contributed by atoms with Gasteiger partial charge in [-0.25, -0.2) is 0 Å². The topological polar surface area (TPSA) is 78.7 Å². The van der Waals surface area contributed by atoms with Crippen LogP contribution in [0.5, 0.6) is 0 Å². The van der Waals surface area contributed by atoms with Crippen LogP contribution in [0.1, 0.15) is 32.6 Å². The molecule has 21 heavy (non-hydrogen) atoms. The van der Waals surface area contributed by atoms with E-state index in [2.05, 4.69) is 17.1 Å². The van der Waals surface area contributed by atoms with Gasteiger partial charge in [0.1, 0.15) is 0 Å². The lowest BCUT2D eigenvalue weighted by atomic mass is 9.97. The van der Waals surface area contributed by atoms with Crippen molar-refractivity contribution in [2.75, 3.05) is 39.3 Å². The SMILES string of the molecule is CCCN(CC(=O)N1CCCC(C(N)=O)C1)C1CCNC1. The predicted molar refractivity (Wildman–Crippen MR) is 81.6 cm³/mol. The number of nitrogens with one attached hydrogen (secondary N) is 1. The molecule has 2 amide bonds. The highest BCUT2D eigenvalue weighted by molar-refractivity contribution is 5.81. The number of carbonyl (C=O) groups is 2. The highest BCUT2D eigenvalue weighted by Crippen LogP contribution is 2.17. The Hall–Kier alpha value is -1.14. The van der Waals surface area contributed by atoms with Crippen LogP contribution in [0.3, 0.4) is 0 Å². The van der Waals surface area contributed by atoms with E-state index < -0.39 is 0 Å². The van der Waals surface area contributed by atoms with Gasteiger partial charge in [-0.3, -0.25) is 14.5 Å². The van der Waals surface area contributed by atoms with Gasteiger partial charge in [-0.05, 0) is 38.8 Å². The summed E-state index contributed by atoms with van der Waals surface area (Å²) < 4.78 is 0. The molecule has 0 bridgehead atoms. The van der Waals surface area contributed by atoms with Crippen LogP contribution >= 0.6 is 0 Å². The van der Waals surface area contributed by atoms with Crippen LogP contribution in [0.4, 0.5) is 0 Å². The minimum Gasteiger partial charge on any atom is -0.369 e. The van der Waals surface area contributed by atoms with Gasteiger partial charge in [0.15, 0.2) is 0 Å². The summed E-state index contributed by atoms with van der Waals surface area (Å²) in [7, 11) is 0. The summed E-state index contributed by atoms with van der Waals surface area (Å²) in [6, 6.07) is 0.464. The van der Waals surface area contributed by atoms with Crippen LogP contribution in [-0.4, -0.2) is 66.9 Å². The van der Waals surface area contributed by atoms with Crippen LogP contribution in [0.25, 0.3) is 0 Å². The lowest BCUT2D eigenvalue weighted by Crippen LogP contribution is -2.49. The molecule has 2 saturated heterocycles. The Labute approximate surface area is 127 Å². The maximum Gasteiger partial charge on any atom is 0.236 e. The zero-order valence-corrected chi connectivity index (χ0v) is 13.0. The van der Waals surface area contributed by atoms with E-state index in [1.54, 1.807) is 0 Å². The minimum absolute atomic E-state index is 0.140. The van der Waals surface area contributed by atoms with Crippen LogP contribution in [-0.2, 0) is 9.59 Å². The largest absolute Gasteiger partial charge is 0.369 e. The summed E-state index contributed by atoms with van der Waals surface area (Å²) in [5.41, 5.74) is 5.38. The van der Waals surface area contributed by atoms with Crippen LogP contribution in [0.2, 0.25) is 0 Å². The maximum atomic E-state index is 12.5. The van der Waals surface area contributed by atoms with E-state index in [1.807, 2.05) is 4.90 Å². The lowest BCUT2D eigenvalue weighted by molar-refractivity contribution is -0.136. The number of likely N-dealkylation sites (tertiary alicyclic amines) is 1.